The van der Waals surface area contributed by atoms with Crippen LogP contribution in [-0.2, 0) is 4.79 Å². The minimum absolute atomic E-state index is 0.0943. The third-order valence-corrected chi connectivity index (χ3v) is 5.35. The molecule has 2 unspecified atom stereocenters. The van der Waals surface area contributed by atoms with Crippen molar-refractivity contribution in [1.82, 2.24) is 20.9 Å². The number of guanidine groups is 1. The number of carbonyl (C=O) groups is 2. The number of nitrogens with one attached hydrogen (secondary N) is 3. The maximum Gasteiger partial charge on any atom is 0.322 e. The lowest BCUT2D eigenvalue weighted by atomic mass is 9.79. The fraction of sp³-hybridized carbons (Fsp3) is 0.824. The third-order valence-electron chi connectivity index (χ3n) is 5.35. The van der Waals surface area contributed by atoms with Crippen molar-refractivity contribution in [3.05, 3.63) is 0 Å². The number of nitrogens with zero attached hydrogens (tertiary/aromatic N) is 2. The molecule has 3 amide bonds. The van der Waals surface area contributed by atoms with Crippen LogP contribution in [0.1, 0.15) is 47.0 Å². The highest BCUT2D eigenvalue weighted by Crippen LogP contribution is 2.30. The molecule has 2 saturated heterocycles. The summed E-state index contributed by atoms with van der Waals surface area (Å²) in [6.45, 7) is 10.1. The van der Waals surface area contributed by atoms with Gasteiger partial charge in [-0.3, -0.25) is 15.1 Å². The second-order valence-electron chi connectivity index (χ2n) is 7.39. The van der Waals surface area contributed by atoms with Crippen molar-refractivity contribution >= 4 is 17.9 Å². The average Bonchev–Trinajstić information content (AvgIpc) is 2.85. The molecule has 4 N–H and O–H groups in total. The predicted molar refractivity (Wildman–Crippen MR) is 96.3 cm³/mol. The first-order valence-electron chi connectivity index (χ1n) is 9.11. The van der Waals surface area contributed by atoms with Crippen LogP contribution in [0, 0.1) is 5.92 Å². The minimum atomic E-state index is -0.829. The SMILES string of the molecule is CCNC(=NCC(C)(O)CC)N1CCC(C2(C)NC(=O)NC2=O)CC1. The summed E-state index contributed by atoms with van der Waals surface area (Å²) in [7, 11) is 0. The van der Waals surface area contributed by atoms with Crippen molar-refractivity contribution in [3.8, 4) is 0 Å². The molecule has 0 aromatic rings. The molecule has 0 bridgehead atoms. The Morgan fingerprint density at radius 1 is 1.40 bits per heavy atom. The molecule has 8 nitrogen and oxygen atoms in total. The molecule has 0 aliphatic carbocycles. The van der Waals surface area contributed by atoms with Crippen molar-refractivity contribution in [2.45, 2.75) is 58.1 Å². The van der Waals surface area contributed by atoms with E-state index >= 15 is 0 Å². The van der Waals surface area contributed by atoms with Crippen LogP contribution < -0.4 is 16.0 Å². The van der Waals surface area contributed by atoms with E-state index in [9.17, 15) is 14.7 Å². The summed E-state index contributed by atoms with van der Waals surface area (Å²) < 4.78 is 0. The molecule has 2 aliphatic rings. The van der Waals surface area contributed by atoms with E-state index in [0.29, 0.717) is 13.0 Å². The normalized spacial score (nSPS) is 27.7. The van der Waals surface area contributed by atoms with Crippen LogP contribution in [0.3, 0.4) is 0 Å². The summed E-state index contributed by atoms with van der Waals surface area (Å²) in [4.78, 5) is 30.3. The van der Waals surface area contributed by atoms with Gasteiger partial charge in [0.15, 0.2) is 5.96 Å². The van der Waals surface area contributed by atoms with E-state index < -0.39 is 17.2 Å². The quantitative estimate of drug-likeness (QED) is 0.326. The molecule has 0 aromatic heterocycles. The van der Waals surface area contributed by atoms with Gasteiger partial charge in [0.25, 0.3) is 5.91 Å². The zero-order valence-electron chi connectivity index (χ0n) is 15.7. The van der Waals surface area contributed by atoms with Crippen LogP contribution in [0.2, 0.25) is 0 Å². The van der Waals surface area contributed by atoms with Crippen molar-refractivity contribution in [2.75, 3.05) is 26.2 Å². The molecule has 25 heavy (non-hydrogen) atoms. The van der Waals surface area contributed by atoms with Gasteiger partial charge in [-0.05, 0) is 46.0 Å². The Labute approximate surface area is 149 Å². The number of hydrogen-bond acceptors (Lipinski definition) is 4. The molecule has 2 rings (SSSR count). The first-order valence-corrected chi connectivity index (χ1v) is 9.11. The minimum Gasteiger partial charge on any atom is -0.388 e. The summed E-state index contributed by atoms with van der Waals surface area (Å²) >= 11 is 0. The molecule has 0 spiro atoms. The summed E-state index contributed by atoms with van der Waals surface area (Å²) in [5.74, 6) is 0.645. The maximum absolute atomic E-state index is 12.1. The number of hydrogen-bond donors (Lipinski definition) is 4. The number of carbonyl (C=O) groups excluding carboxylic acids is 2. The smallest absolute Gasteiger partial charge is 0.322 e. The number of imide groups is 1. The topological polar surface area (TPSA) is 106 Å². The molecular weight excluding hydrogens is 322 g/mol. The molecule has 0 aromatic carbocycles. The second kappa shape index (κ2) is 7.59. The van der Waals surface area contributed by atoms with E-state index in [4.69, 9.17) is 0 Å². The average molecular weight is 353 g/mol. The molecule has 142 valence electrons. The van der Waals surface area contributed by atoms with Gasteiger partial charge in [-0.2, -0.15) is 0 Å². The first kappa shape index (κ1) is 19.5. The van der Waals surface area contributed by atoms with Crippen LogP contribution in [-0.4, -0.2) is 65.2 Å². The zero-order chi connectivity index (χ0) is 18.7. The highest BCUT2D eigenvalue weighted by atomic mass is 16.3. The van der Waals surface area contributed by atoms with Crippen molar-refractivity contribution in [3.63, 3.8) is 0 Å². The molecule has 2 heterocycles. The Balaban J connectivity index is 2.00. The number of aliphatic imine (C=N–C) groups is 1. The Bertz CT molecular complexity index is 540. The summed E-state index contributed by atoms with van der Waals surface area (Å²) in [5, 5.41) is 18.6. The number of piperidine rings is 1. The van der Waals surface area contributed by atoms with Gasteiger partial charge in [0, 0.05) is 19.6 Å². The standard InChI is InChI=1S/C17H31N5O3/c1-5-16(3,25)11-19-14(18-6-2)22-9-7-12(8-10-22)17(4)13(23)20-15(24)21-17/h12,25H,5-11H2,1-4H3,(H,18,19)(H2,20,21,23,24). The van der Waals surface area contributed by atoms with Crippen molar-refractivity contribution < 1.29 is 14.7 Å². The Morgan fingerprint density at radius 3 is 2.52 bits per heavy atom. The van der Waals surface area contributed by atoms with Crippen molar-refractivity contribution in [2.24, 2.45) is 10.9 Å². The summed E-state index contributed by atoms with van der Waals surface area (Å²) in [5.41, 5.74) is -1.64. The lowest BCUT2D eigenvalue weighted by Crippen LogP contribution is -2.55. The molecule has 8 heteroatoms. The fourth-order valence-electron chi connectivity index (χ4n) is 3.30. The van der Waals surface area contributed by atoms with Gasteiger partial charge < -0.3 is 20.6 Å². The van der Waals surface area contributed by atoms with E-state index in [-0.39, 0.29) is 11.8 Å². The van der Waals surface area contributed by atoms with Gasteiger partial charge >= 0.3 is 6.03 Å². The number of urea groups is 1. The van der Waals surface area contributed by atoms with Crippen LogP contribution in [0.5, 0.6) is 0 Å². The van der Waals surface area contributed by atoms with Crippen LogP contribution >= 0.6 is 0 Å². The van der Waals surface area contributed by atoms with E-state index in [1.165, 1.54) is 0 Å². The van der Waals surface area contributed by atoms with Gasteiger partial charge in [0.05, 0.1) is 12.1 Å². The van der Waals surface area contributed by atoms with Gasteiger partial charge in [-0.15, -0.1) is 0 Å². The highest BCUT2D eigenvalue weighted by Gasteiger charge is 2.48. The zero-order valence-corrected chi connectivity index (χ0v) is 15.7. The Morgan fingerprint density at radius 2 is 2.04 bits per heavy atom. The third kappa shape index (κ3) is 4.42. The first-order chi connectivity index (χ1) is 11.7. The predicted octanol–water partition coefficient (Wildman–Crippen LogP) is 0.423. The molecule has 0 saturated carbocycles. The molecular formula is C17H31N5O3. The second-order valence-corrected chi connectivity index (χ2v) is 7.39. The monoisotopic (exact) mass is 353 g/mol. The van der Waals surface area contributed by atoms with E-state index in [1.807, 2.05) is 13.8 Å². The largest absolute Gasteiger partial charge is 0.388 e. The van der Waals surface area contributed by atoms with E-state index in [1.54, 1.807) is 13.8 Å². The molecule has 0 radical (unpaired) electrons. The lowest BCUT2D eigenvalue weighted by molar-refractivity contribution is -0.125. The fourth-order valence-corrected chi connectivity index (χ4v) is 3.30. The Kier molecular flexibility index (Phi) is 5.92. The van der Waals surface area contributed by atoms with Crippen molar-refractivity contribution in [1.29, 1.82) is 0 Å². The van der Waals surface area contributed by atoms with E-state index in [2.05, 4.69) is 25.8 Å². The van der Waals surface area contributed by atoms with Crippen LogP contribution in [0.25, 0.3) is 0 Å². The molecule has 2 atom stereocenters. The van der Waals surface area contributed by atoms with Crippen LogP contribution in [0.15, 0.2) is 4.99 Å². The summed E-state index contributed by atoms with van der Waals surface area (Å²) in [6.07, 6.45) is 2.22. The van der Waals surface area contributed by atoms with Gasteiger partial charge in [-0.1, -0.05) is 6.92 Å². The van der Waals surface area contributed by atoms with Gasteiger partial charge in [-0.25, -0.2) is 4.79 Å². The lowest BCUT2D eigenvalue weighted by Gasteiger charge is -2.40. The molecule has 2 fully saturated rings. The number of likely N-dealkylation sites (tertiary alicyclic amines) is 1. The van der Waals surface area contributed by atoms with E-state index in [0.717, 1.165) is 38.4 Å². The number of amides is 3. The maximum atomic E-state index is 12.1. The Hall–Kier alpha value is -1.83. The highest BCUT2D eigenvalue weighted by molar-refractivity contribution is 6.07. The number of rotatable bonds is 5. The van der Waals surface area contributed by atoms with Gasteiger partial charge in [0.1, 0.15) is 5.54 Å². The van der Waals surface area contributed by atoms with Gasteiger partial charge in [0.2, 0.25) is 0 Å². The number of aliphatic hydroxyl groups is 1. The van der Waals surface area contributed by atoms with Crippen LogP contribution in [0.4, 0.5) is 4.79 Å². The molecule has 2 aliphatic heterocycles. The summed E-state index contributed by atoms with van der Waals surface area (Å²) in [6, 6.07) is -0.411.